The highest BCUT2D eigenvalue weighted by Crippen LogP contribution is 2.49. The maximum atomic E-state index is 9.12. The Balaban J connectivity index is 1.69. The number of benzene rings is 3. The lowest BCUT2D eigenvalue weighted by atomic mass is 9.77. The molecule has 0 spiro atoms. The van der Waals surface area contributed by atoms with Gasteiger partial charge in [0.1, 0.15) is 5.75 Å². The minimum absolute atomic E-state index is 0.178. The summed E-state index contributed by atoms with van der Waals surface area (Å²) >= 11 is 0. The van der Waals surface area contributed by atoms with Crippen LogP contribution in [0.25, 0.3) is 0 Å². The van der Waals surface area contributed by atoms with Gasteiger partial charge in [-0.05, 0) is 56.5 Å². The van der Waals surface area contributed by atoms with Crippen molar-refractivity contribution in [2.45, 2.75) is 70.4 Å². The van der Waals surface area contributed by atoms with Crippen LogP contribution in [0.15, 0.2) is 84.9 Å². The van der Waals surface area contributed by atoms with Crippen LogP contribution < -0.4 is 10.1 Å². The lowest BCUT2D eigenvalue weighted by Gasteiger charge is -2.39. The van der Waals surface area contributed by atoms with Crippen molar-refractivity contribution in [3.05, 3.63) is 102 Å². The molecule has 1 N–H and O–H groups in total. The lowest BCUT2D eigenvalue weighted by Crippen LogP contribution is -2.49. The molecule has 0 radical (unpaired) electrons. The lowest BCUT2D eigenvalue weighted by molar-refractivity contribution is 0.0401. The molecule has 8 heteroatoms. The molecule has 4 atom stereocenters. The predicted octanol–water partition coefficient (Wildman–Crippen LogP) is 7.03. The molecule has 224 valence electrons. The van der Waals surface area contributed by atoms with Crippen LogP contribution >= 0.6 is 8.53 Å². The molecule has 0 aromatic heterocycles. The molecule has 0 bridgehead atoms. The Morgan fingerprint density at radius 2 is 1.55 bits per heavy atom. The van der Waals surface area contributed by atoms with Crippen LogP contribution in [0.3, 0.4) is 0 Å². The van der Waals surface area contributed by atoms with Crippen molar-refractivity contribution in [3.63, 3.8) is 0 Å². The second kappa shape index (κ2) is 15.6. The van der Waals surface area contributed by atoms with Crippen molar-refractivity contribution in [1.82, 2.24) is 9.99 Å². The minimum atomic E-state index is -1.47. The fourth-order valence-corrected chi connectivity index (χ4v) is 7.25. The van der Waals surface area contributed by atoms with E-state index >= 15 is 0 Å². The molecule has 7 nitrogen and oxygen atoms in total. The Hall–Kier alpha value is -2.82. The fraction of sp³-hybridized carbons (Fsp3) is 0.441. The van der Waals surface area contributed by atoms with Crippen molar-refractivity contribution in [1.29, 1.82) is 5.26 Å². The van der Waals surface area contributed by atoms with E-state index in [0.717, 1.165) is 22.4 Å². The first-order valence-electron chi connectivity index (χ1n) is 15.2. The average Bonchev–Trinajstić information content (AvgIpc) is 3.37. The van der Waals surface area contributed by atoms with E-state index in [2.05, 4.69) is 80.1 Å². The Morgan fingerprint density at radius 3 is 2.07 bits per heavy atom. The molecule has 4 rings (SSSR count). The number of hydrogen-bond acceptors (Lipinski definition) is 7. The van der Waals surface area contributed by atoms with Crippen molar-refractivity contribution in [2.75, 3.05) is 26.8 Å². The summed E-state index contributed by atoms with van der Waals surface area (Å²) in [4.78, 5) is 0. The first-order chi connectivity index (χ1) is 20.8. The standard InChI is InChI=1S/C34H44N3O4P/c1-26(2)37(27(3)4)42(40-23-12-22-35)41-32-21-24-39-33(32)25-36-34(28-13-8-6-9-14-28,29-15-10-7-11-16-29)30-17-19-31(38-5)20-18-30/h6-11,13-20,26-27,32-33,36H,12,21,23-25H2,1-5H3/t32-,33-,42?/m1/s1/i24T/t24-,32+,33+,42?/m0. The molecule has 1 unspecified atom stereocenters. The molecular formula is C34H44N3O4P. The first kappa shape index (κ1) is 30.6. The fourth-order valence-electron chi connectivity index (χ4n) is 5.49. The predicted molar refractivity (Wildman–Crippen MR) is 168 cm³/mol. The summed E-state index contributed by atoms with van der Waals surface area (Å²) in [6.45, 7) is 8.49. The van der Waals surface area contributed by atoms with Crippen molar-refractivity contribution in [3.8, 4) is 11.8 Å². The van der Waals surface area contributed by atoms with E-state index in [-0.39, 0.29) is 24.6 Å². The molecule has 0 aliphatic carbocycles. The topological polar surface area (TPSA) is 76.0 Å². The van der Waals surface area contributed by atoms with Gasteiger partial charge in [0.2, 0.25) is 0 Å². The summed E-state index contributed by atoms with van der Waals surface area (Å²) in [5.74, 6) is 0.785. The van der Waals surface area contributed by atoms with Crippen molar-refractivity contribution in [2.24, 2.45) is 0 Å². The molecule has 3 aromatic rings. The van der Waals surface area contributed by atoms with Gasteiger partial charge in [-0.1, -0.05) is 72.8 Å². The van der Waals surface area contributed by atoms with E-state index in [0.29, 0.717) is 19.6 Å². The van der Waals surface area contributed by atoms with Gasteiger partial charge in [0.25, 0.3) is 8.53 Å². The van der Waals surface area contributed by atoms with Gasteiger partial charge in [-0.25, -0.2) is 4.67 Å². The summed E-state index contributed by atoms with van der Waals surface area (Å²) in [5.41, 5.74) is 2.50. The molecule has 42 heavy (non-hydrogen) atoms. The summed E-state index contributed by atoms with van der Waals surface area (Å²) in [6, 6.07) is 31.4. The normalized spacial score (nSPS) is 20.1. The van der Waals surface area contributed by atoms with Crippen LogP contribution in [0.4, 0.5) is 0 Å². The number of nitrogens with zero attached hydrogens (tertiary/aromatic N) is 2. The van der Waals surface area contributed by atoms with Gasteiger partial charge >= 0.3 is 0 Å². The van der Waals surface area contributed by atoms with Crippen molar-refractivity contribution < 1.29 is 19.9 Å². The van der Waals surface area contributed by atoms with E-state index in [1.54, 1.807) is 7.11 Å². The molecule has 0 saturated carbocycles. The number of nitrogens with one attached hydrogen (secondary N) is 1. The number of methoxy groups -OCH3 is 1. The number of ether oxygens (including phenoxy) is 2. The van der Waals surface area contributed by atoms with E-state index < -0.39 is 26.8 Å². The van der Waals surface area contributed by atoms with Crippen LogP contribution in [0.5, 0.6) is 5.75 Å². The van der Waals surface area contributed by atoms with Gasteiger partial charge in [0.15, 0.2) is 0 Å². The van der Waals surface area contributed by atoms with Crippen molar-refractivity contribution >= 4 is 8.53 Å². The third-order valence-corrected chi connectivity index (χ3v) is 9.56. The third kappa shape index (κ3) is 7.57. The van der Waals surface area contributed by atoms with Crippen LogP contribution in [0.1, 0.15) is 58.6 Å². The largest absolute Gasteiger partial charge is 0.497 e. The Bertz CT molecular complexity index is 1240. The monoisotopic (exact) mass is 591 g/mol. The molecule has 1 aliphatic heterocycles. The smallest absolute Gasteiger partial charge is 0.259 e. The second-order valence-corrected chi connectivity index (χ2v) is 12.3. The number of hydrogen-bond donors (Lipinski definition) is 1. The maximum absolute atomic E-state index is 9.12. The van der Waals surface area contributed by atoms with Crippen LogP contribution in [-0.4, -0.2) is 55.8 Å². The average molecular weight is 592 g/mol. The van der Waals surface area contributed by atoms with E-state index in [9.17, 15) is 0 Å². The third-order valence-electron chi connectivity index (χ3n) is 7.41. The van der Waals surface area contributed by atoms with Crippen LogP contribution in [-0.2, 0) is 19.3 Å². The quantitative estimate of drug-likeness (QED) is 0.116. The van der Waals surface area contributed by atoms with Gasteiger partial charge in [0.05, 0.1) is 45.3 Å². The number of nitriles is 1. The number of rotatable bonds is 15. The Kier molecular flexibility index (Phi) is 11.4. The highest BCUT2D eigenvalue weighted by Gasteiger charge is 2.40. The summed E-state index contributed by atoms with van der Waals surface area (Å²) < 4.78 is 35.3. The van der Waals surface area contributed by atoms with Crippen LogP contribution in [0, 0.1) is 11.3 Å². The molecular weight excluding hydrogens is 545 g/mol. The maximum Gasteiger partial charge on any atom is 0.259 e. The molecule has 1 saturated heterocycles. The zero-order chi connectivity index (χ0) is 30.8. The molecule has 0 amide bonds. The second-order valence-electron chi connectivity index (χ2n) is 10.9. The summed E-state index contributed by atoms with van der Waals surface area (Å²) in [5, 5.41) is 13.0. The SMILES string of the molecule is [3H][C@H]1C[C@@H](OP(OCCC#N)N(C(C)C)C(C)C)[C@@H](CNC(c2ccccc2)(c2ccccc2)c2ccc(OC)cc2)O1. The highest BCUT2D eigenvalue weighted by molar-refractivity contribution is 7.44. The minimum Gasteiger partial charge on any atom is -0.497 e. The van der Waals surface area contributed by atoms with Crippen LogP contribution in [0.2, 0.25) is 0 Å². The van der Waals surface area contributed by atoms with Gasteiger partial charge in [-0.2, -0.15) is 5.26 Å². The van der Waals surface area contributed by atoms with E-state index in [1.807, 2.05) is 48.5 Å². The van der Waals surface area contributed by atoms with Gasteiger partial charge in [-0.15, -0.1) is 0 Å². The van der Waals surface area contributed by atoms with Gasteiger partial charge < -0.3 is 18.5 Å². The Labute approximate surface area is 254 Å². The summed E-state index contributed by atoms with van der Waals surface area (Å²) in [7, 11) is 0.199. The zero-order valence-corrected chi connectivity index (χ0v) is 26.2. The molecule has 1 heterocycles. The molecule has 3 aromatic carbocycles. The molecule has 1 fully saturated rings. The van der Waals surface area contributed by atoms with Gasteiger partial charge in [-0.3, -0.25) is 5.32 Å². The Morgan fingerprint density at radius 1 is 0.976 bits per heavy atom. The van der Waals surface area contributed by atoms with E-state index in [4.69, 9.17) is 25.2 Å². The molecule has 1 aliphatic rings. The first-order valence-corrected chi connectivity index (χ1v) is 15.8. The van der Waals surface area contributed by atoms with E-state index in [1.165, 1.54) is 0 Å². The summed E-state index contributed by atoms with van der Waals surface area (Å²) in [6.07, 6.45) is -0.0253. The highest BCUT2D eigenvalue weighted by atomic mass is 31.2. The zero-order valence-electron chi connectivity index (χ0n) is 26.3. The van der Waals surface area contributed by atoms with Gasteiger partial charge in [0, 0.05) is 31.6 Å².